The van der Waals surface area contributed by atoms with Crippen LogP contribution < -0.4 is 10.2 Å². The van der Waals surface area contributed by atoms with E-state index in [4.69, 9.17) is 0 Å². The zero-order valence-corrected chi connectivity index (χ0v) is 13.7. The van der Waals surface area contributed by atoms with Gasteiger partial charge in [0.25, 0.3) is 0 Å². The SMILES string of the molecule is CC(C)CCNC(=O)C1CC[NH+](Cc2ccc(F)cc2)CC1. The van der Waals surface area contributed by atoms with Crippen LogP contribution in [0.4, 0.5) is 4.39 Å². The fourth-order valence-electron chi connectivity index (χ4n) is 2.98. The van der Waals surface area contributed by atoms with Gasteiger partial charge in [-0.1, -0.05) is 26.0 Å². The predicted octanol–water partition coefficient (Wildman–Crippen LogP) is 1.78. The molecule has 1 aromatic carbocycles. The van der Waals surface area contributed by atoms with Crippen molar-refractivity contribution in [3.8, 4) is 0 Å². The molecule has 0 bridgehead atoms. The van der Waals surface area contributed by atoms with E-state index in [0.29, 0.717) is 5.92 Å². The first-order valence-electron chi connectivity index (χ1n) is 8.40. The maximum absolute atomic E-state index is 12.9. The highest BCUT2D eigenvalue weighted by atomic mass is 19.1. The number of quaternary nitrogens is 1. The molecule has 2 rings (SSSR count). The molecule has 0 atom stereocenters. The predicted molar refractivity (Wildman–Crippen MR) is 86.0 cm³/mol. The first-order valence-corrected chi connectivity index (χ1v) is 8.40. The fourth-order valence-corrected chi connectivity index (χ4v) is 2.98. The molecule has 1 amide bonds. The van der Waals surface area contributed by atoms with E-state index >= 15 is 0 Å². The standard InChI is InChI=1S/C18H27FN2O/c1-14(2)7-10-20-18(22)16-8-11-21(12-9-16)13-15-3-5-17(19)6-4-15/h3-6,14,16H,7-13H2,1-2H3,(H,20,22)/p+1. The summed E-state index contributed by atoms with van der Waals surface area (Å²) >= 11 is 0. The number of benzene rings is 1. The number of carbonyl (C=O) groups excluding carboxylic acids is 1. The van der Waals surface area contributed by atoms with Gasteiger partial charge in [0.1, 0.15) is 12.4 Å². The molecule has 22 heavy (non-hydrogen) atoms. The van der Waals surface area contributed by atoms with E-state index in [9.17, 15) is 9.18 Å². The van der Waals surface area contributed by atoms with Gasteiger partial charge in [0.15, 0.2) is 0 Å². The Balaban J connectivity index is 1.71. The molecule has 0 aliphatic carbocycles. The summed E-state index contributed by atoms with van der Waals surface area (Å²) in [4.78, 5) is 13.6. The molecule has 0 saturated carbocycles. The van der Waals surface area contributed by atoms with Crippen LogP contribution in [0.15, 0.2) is 24.3 Å². The second-order valence-electron chi connectivity index (χ2n) is 6.80. The Kier molecular flexibility index (Phi) is 6.37. The van der Waals surface area contributed by atoms with Crippen molar-refractivity contribution < 1.29 is 14.1 Å². The minimum Gasteiger partial charge on any atom is -0.356 e. The number of hydrogen-bond acceptors (Lipinski definition) is 1. The van der Waals surface area contributed by atoms with Crippen molar-refractivity contribution in [1.82, 2.24) is 5.32 Å². The second-order valence-corrected chi connectivity index (χ2v) is 6.80. The number of likely N-dealkylation sites (tertiary alicyclic amines) is 1. The minimum atomic E-state index is -0.185. The molecule has 2 N–H and O–H groups in total. The van der Waals surface area contributed by atoms with Gasteiger partial charge in [0.2, 0.25) is 5.91 Å². The van der Waals surface area contributed by atoms with Crippen molar-refractivity contribution in [2.24, 2.45) is 11.8 Å². The van der Waals surface area contributed by atoms with Crippen molar-refractivity contribution in [3.63, 3.8) is 0 Å². The van der Waals surface area contributed by atoms with E-state index in [1.807, 2.05) is 12.1 Å². The summed E-state index contributed by atoms with van der Waals surface area (Å²) in [5.74, 6) is 0.837. The third-order valence-corrected chi connectivity index (χ3v) is 4.45. The van der Waals surface area contributed by atoms with Gasteiger partial charge in [0.05, 0.1) is 13.1 Å². The van der Waals surface area contributed by atoms with Crippen molar-refractivity contribution in [1.29, 1.82) is 0 Å². The molecule has 0 spiro atoms. The van der Waals surface area contributed by atoms with Crippen LogP contribution in [-0.2, 0) is 11.3 Å². The van der Waals surface area contributed by atoms with Crippen LogP contribution in [0.5, 0.6) is 0 Å². The molecule has 3 nitrogen and oxygen atoms in total. The third kappa shape index (κ3) is 5.41. The fraction of sp³-hybridized carbons (Fsp3) is 0.611. The lowest BCUT2D eigenvalue weighted by molar-refractivity contribution is -0.919. The highest BCUT2D eigenvalue weighted by Crippen LogP contribution is 2.10. The van der Waals surface area contributed by atoms with E-state index in [0.717, 1.165) is 51.0 Å². The normalized spacial score (nSPS) is 21.8. The Bertz CT molecular complexity index is 464. The van der Waals surface area contributed by atoms with E-state index < -0.39 is 0 Å². The lowest BCUT2D eigenvalue weighted by atomic mass is 9.95. The molecule has 1 saturated heterocycles. The molecule has 1 heterocycles. The van der Waals surface area contributed by atoms with Crippen LogP contribution >= 0.6 is 0 Å². The van der Waals surface area contributed by atoms with Crippen LogP contribution in [0.25, 0.3) is 0 Å². The topological polar surface area (TPSA) is 33.5 Å². The number of halogens is 1. The maximum atomic E-state index is 12.9. The number of piperidine rings is 1. The molecular formula is C18H28FN2O+. The van der Waals surface area contributed by atoms with Crippen LogP contribution in [-0.4, -0.2) is 25.5 Å². The van der Waals surface area contributed by atoms with Gasteiger partial charge in [-0.05, 0) is 24.5 Å². The van der Waals surface area contributed by atoms with Gasteiger partial charge in [-0.25, -0.2) is 4.39 Å². The zero-order chi connectivity index (χ0) is 15.9. The number of carbonyl (C=O) groups is 1. The molecular weight excluding hydrogens is 279 g/mol. The van der Waals surface area contributed by atoms with Crippen molar-refractivity contribution in [2.45, 2.75) is 39.7 Å². The van der Waals surface area contributed by atoms with Crippen LogP contribution in [0.2, 0.25) is 0 Å². The Labute approximate surface area is 132 Å². The molecule has 122 valence electrons. The smallest absolute Gasteiger partial charge is 0.223 e. The molecule has 0 aromatic heterocycles. The van der Waals surface area contributed by atoms with Crippen LogP contribution in [0, 0.1) is 17.7 Å². The van der Waals surface area contributed by atoms with E-state index in [-0.39, 0.29) is 17.6 Å². The largest absolute Gasteiger partial charge is 0.356 e. The summed E-state index contributed by atoms with van der Waals surface area (Å²) in [5.41, 5.74) is 1.16. The van der Waals surface area contributed by atoms with Gasteiger partial charge in [-0.3, -0.25) is 4.79 Å². The molecule has 4 heteroatoms. The monoisotopic (exact) mass is 307 g/mol. The zero-order valence-electron chi connectivity index (χ0n) is 13.7. The van der Waals surface area contributed by atoms with Gasteiger partial charge < -0.3 is 10.2 Å². The van der Waals surface area contributed by atoms with Crippen LogP contribution in [0.1, 0.15) is 38.7 Å². The summed E-state index contributed by atoms with van der Waals surface area (Å²) in [7, 11) is 0. The van der Waals surface area contributed by atoms with Crippen LogP contribution in [0.3, 0.4) is 0 Å². The molecule has 0 unspecified atom stereocenters. The molecule has 0 radical (unpaired) electrons. The molecule has 1 aliphatic heterocycles. The Morgan fingerprint density at radius 3 is 2.50 bits per heavy atom. The first kappa shape index (κ1) is 16.9. The number of rotatable bonds is 6. The Hall–Kier alpha value is -1.42. The highest BCUT2D eigenvalue weighted by molar-refractivity contribution is 5.78. The first-order chi connectivity index (χ1) is 10.5. The van der Waals surface area contributed by atoms with Gasteiger partial charge >= 0.3 is 0 Å². The van der Waals surface area contributed by atoms with Crippen molar-refractivity contribution >= 4 is 5.91 Å². The van der Waals surface area contributed by atoms with Crippen molar-refractivity contribution in [2.75, 3.05) is 19.6 Å². The minimum absolute atomic E-state index is 0.170. The van der Waals surface area contributed by atoms with E-state index in [2.05, 4.69) is 19.2 Å². The van der Waals surface area contributed by atoms with Gasteiger partial charge in [-0.15, -0.1) is 0 Å². The number of nitrogens with one attached hydrogen (secondary N) is 2. The summed E-state index contributed by atoms with van der Waals surface area (Å²) < 4.78 is 12.9. The Morgan fingerprint density at radius 1 is 1.27 bits per heavy atom. The lowest BCUT2D eigenvalue weighted by Gasteiger charge is -2.28. The Morgan fingerprint density at radius 2 is 1.91 bits per heavy atom. The summed E-state index contributed by atoms with van der Waals surface area (Å²) in [6, 6.07) is 6.74. The quantitative estimate of drug-likeness (QED) is 0.825. The van der Waals surface area contributed by atoms with E-state index in [1.165, 1.54) is 17.0 Å². The number of hydrogen-bond donors (Lipinski definition) is 2. The van der Waals surface area contributed by atoms with Gasteiger partial charge in [-0.2, -0.15) is 0 Å². The molecule has 1 aliphatic rings. The maximum Gasteiger partial charge on any atom is 0.223 e. The van der Waals surface area contributed by atoms with Crippen molar-refractivity contribution in [3.05, 3.63) is 35.6 Å². The summed E-state index contributed by atoms with van der Waals surface area (Å²) in [5, 5.41) is 3.06. The lowest BCUT2D eigenvalue weighted by Crippen LogP contribution is -3.11. The third-order valence-electron chi connectivity index (χ3n) is 4.45. The number of amides is 1. The van der Waals surface area contributed by atoms with Gasteiger partial charge in [0, 0.05) is 30.9 Å². The average molecular weight is 307 g/mol. The summed E-state index contributed by atoms with van der Waals surface area (Å²) in [6.07, 6.45) is 2.94. The average Bonchev–Trinajstić information content (AvgIpc) is 2.50. The second kappa shape index (κ2) is 8.28. The summed E-state index contributed by atoms with van der Waals surface area (Å²) in [6.45, 7) is 8.08. The molecule has 1 aromatic rings. The highest BCUT2D eigenvalue weighted by Gasteiger charge is 2.27. The molecule has 1 fully saturated rings. The van der Waals surface area contributed by atoms with E-state index in [1.54, 1.807) is 0 Å².